The fourth-order valence-corrected chi connectivity index (χ4v) is 3.28. The number of hydrogen-bond donors (Lipinski definition) is 0. The standard InChI is InChI=1S/C22H24O2/c1-3-17-11-12-19(22(24)14-21(23)18-9-10-18)20(15(17)2)13-16-7-5-4-6-8-16/h4-8,11-12,18H,3,9-10,13-14H2,1-2H3. The smallest absolute Gasteiger partial charge is 0.170 e. The van der Waals surface area contributed by atoms with Crippen LogP contribution in [0.2, 0.25) is 0 Å². The zero-order valence-corrected chi connectivity index (χ0v) is 14.5. The van der Waals surface area contributed by atoms with Crippen LogP contribution in [0.25, 0.3) is 0 Å². The third-order valence-corrected chi connectivity index (χ3v) is 4.98. The molecule has 24 heavy (non-hydrogen) atoms. The van der Waals surface area contributed by atoms with Crippen LogP contribution in [0, 0.1) is 12.8 Å². The highest BCUT2D eigenvalue weighted by atomic mass is 16.1. The number of rotatable bonds is 7. The average molecular weight is 320 g/mol. The Morgan fingerprint density at radius 2 is 1.75 bits per heavy atom. The van der Waals surface area contributed by atoms with E-state index in [2.05, 4.69) is 26.0 Å². The fraction of sp³-hybridized carbons (Fsp3) is 0.364. The lowest BCUT2D eigenvalue weighted by Crippen LogP contribution is -2.13. The van der Waals surface area contributed by atoms with E-state index in [1.165, 1.54) is 16.7 Å². The lowest BCUT2D eigenvalue weighted by atomic mass is 9.88. The maximum Gasteiger partial charge on any atom is 0.170 e. The molecule has 2 aromatic rings. The van der Waals surface area contributed by atoms with Crippen LogP contribution < -0.4 is 0 Å². The predicted octanol–water partition coefficient (Wildman–Crippen LogP) is 4.70. The summed E-state index contributed by atoms with van der Waals surface area (Å²) < 4.78 is 0. The van der Waals surface area contributed by atoms with E-state index in [9.17, 15) is 9.59 Å². The molecule has 0 aromatic heterocycles. The molecule has 1 fully saturated rings. The van der Waals surface area contributed by atoms with E-state index in [4.69, 9.17) is 0 Å². The van der Waals surface area contributed by atoms with Crippen molar-refractivity contribution in [2.45, 2.75) is 46.0 Å². The highest BCUT2D eigenvalue weighted by molar-refractivity contribution is 6.10. The van der Waals surface area contributed by atoms with Crippen LogP contribution in [-0.2, 0) is 17.6 Å². The van der Waals surface area contributed by atoms with Crippen LogP contribution in [0.4, 0.5) is 0 Å². The van der Waals surface area contributed by atoms with Gasteiger partial charge in [-0.1, -0.05) is 49.4 Å². The summed E-state index contributed by atoms with van der Waals surface area (Å²) in [5, 5.41) is 0. The van der Waals surface area contributed by atoms with Crippen molar-refractivity contribution in [2.75, 3.05) is 0 Å². The van der Waals surface area contributed by atoms with Crippen LogP contribution in [0.15, 0.2) is 42.5 Å². The highest BCUT2D eigenvalue weighted by Crippen LogP contribution is 2.32. The van der Waals surface area contributed by atoms with Gasteiger partial charge in [-0.3, -0.25) is 9.59 Å². The number of aryl methyl sites for hydroxylation is 1. The van der Waals surface area contributed by atoms with E-state index in [0.29, 0.717) is 0 Å². The number of hydrogen-bond acceptors (Lipinski definition) is 2. The largest absolute Gasteiger partial charge is 0.299 e. The van der Waals surface area contributed by atoms with Crippen LogP contribution in [0.3, 0.4) is 0 Å². The molecule has 0 amide bonds. The van der Waals surface area contributed by atoms with Crippen molar-refractivity contribution < 1.29 is 9.59 Å². The first-order chi connectivity index (χ1) is 11.6. The second-order valence-corrected chi connectivity index (χ2v) is 6.73. The molecule has 2 aromatic carbocycles. The van der Waals surface area contributed by atoms with Gasteiger partial charge < -0.3 is 0 Å². The van der Waals surface area contributed by atoms with Crippen LogP contribution in [-0.4, -0.2) is 11.6 Å². The molecule has 2 nitrogen and oxygen atoms in total. The van der Waals surface area contributed by atoms with Gasteiger partial charge in [0, 0.05) is 11.5 Å². The monoisotopic (exact) mass is 320 g/mol. The van der Waals surface area contributed by atoms with Crippen LogP contribution in [0.1, 0.15) is 58.8 Å². The Morgan fingerprint density at radius 3 is 2.38 bits per heavy atom. The second kappa shape index (κ2) is 7.12. The number of Topliss-reactive ketones (excluding diaryl/α,β-unsaturated/α-hetero) is 2. The van der Waals surface area contributed by atoms with Crippen LogP contribution >= 0.6 is 0 Å². The molecule has 0 spiro atoms. The van der Waals surface area contributed by atoms with Gasteiger partial charge in [0.2, 0.25) is 0 Å². The minimum absolute atomic E-state index is 0.0245. The summed E-state index contributed by atoms with van der Waals surface area (Å²) in [6.07, 6.45) is 3.65. The van der Waals surface area contributed by atoms with Gasteiger partial charge in [-0.05, 0) is 54.9 Å². The van der Waals surface area contributed by atoms with Gasteiger partial charge in [0.25, 0.3) is 0 Å². The van der Waals surface area contributed by atoms with Gasteiger partial charge in [0.15, 0.2) is 5.78 Å². The molecule has 3 rings (SSSR count). The summed E-state index contributed by atoms with van der Waals surface area (Å²) >= 11 is 0. The predicted molar refractivity (Wildman–Crippen MR) is 96.5 cm³/mol. The molecule has 1 aliphatic rings. The van der Waals surface area contributed by atoms with Gasteiger partial charge in [0.05, 0.1) is 6.42 Å². The topological polar surface area (TPSA) is 34.1 Å². The molecule has 0 aliphatic heterocycles. The van der Waals surface area contributed by atoms with Crippen molar-refractivity contribution in [2.24, 2.45) is 5.92 Å². The first kappa shape index (κ1) is 16.6. The van der Waals surface area contributed by atoms with Crippen molar-refractivity contribution in [1.29, 1.82) is 0 Å². The number of benzene rings is 2. The molecule has 0 atom stereocenters. The molecule has 0 unspecified atom stereocenters. The van der Waals surface area contributed by atoms with Crippen LogP contribution in [0.5, 0.6) is 0 Å². The van der Waals surface area contributed by atoms with Crippen molar-refractivity contribution in [3.8, 4) is 0 Å². The van der Waals surface area contributed by atoms with E-state index in [0.717, 1.165) is 36.8 Å². The normalized spacial score (nSPS) is 13.8. The van der Waals surface area contributed by atoms with Gasteiger partial charge >= 0.3 is 0 Å². The minimum atomic E-state index is -0.0245. The third-order valence-electron chi connectivity index (χ3n) is 4.98. The molecular formula is C22H24O2. The number of ketones is 2. The Morgan fingerprint density at radius 1 is 1.04 bits per heavy atom. The first-order valence-corrected chi connectivity index (χ1v) is 8.81. The number of carbonyl (C=O) groups excluding carboxylic acids is 2. The number of carbonyl (C=O) groups is 2. The summed E-state index contributed by atoms with van der Waals surface area (Å²) in [7, 11) is 0. The second-order valence-electron chi connectivity index (χ2n) is 6.73. The first-order valence-electron chi connectivity index (χ1n) is 8.81. The van der Waals surface area contributed by atoms with Crippen molar-refractivity contribution in [1.82, 2.24) is 0 Å². The molecule has 0 saturated heterocycles. The van der Waals surface area contributed by atoms with E-state index in [1.807, 2.05) is 30.3 Å². The lowest BCUT2D eigenvalue weighted by Gasteiger charge is -2.15. The Kier molecular flexibility index (Phi) is 4.94. The maximum absolute atomic E-state index is 12.7. The van der Waals surface area contributed by atoms with Crippen molar-refractivity contribution in [3.63, 3.8) is 0 Å². The Bertz CT molecular complexity index is 755. The van der Waals surface area contributed by atoms with E-state index >= 15 is 0 Å². The Labute approximate surface area is 143 Å². The third kappa shape index (κ3) is 3.64. The zero-order chi connectivity index (χ0) is 17.1. The Balaban J connectivity index is 1.93. The quantitative estimate of drug-likeness (QED) is 0.547. The molecule has 0 bridgehead atoms. The molecule has 124 valence electrons. The molecular weight excluding hydrogens is 296 g/mol. The summed E-state index contributed by atoms with van der Waals surface area (Å²) in [6, 6.07) is 14.2. The average Bonchev–Trinajstić information content (AvgIpc) is 3.42. The zero-order valence-electron chi connectivity index (χ0n) is 14.5. The maximum atomic E-state index is 12.7. The Hall–Kier alpha value is -2.22. The molecule has 1 aliphatic carbocycles. The molecule has 0 radical (unpaired) electrons. The van der Waals surface area contributed by atoms with Gasteiger partial charge in [0.1, 0.15) is 5.78 Å². The fourth-order valence-electron chi connectivity index (χ4n) is 3.28. The lowest BCUT2D eigenvalue weighted by molar-refractivity contribution is -0.119. The minimum Gasteiger partial charge on any atom is -0.299 e. The molecule has 2 heteroatoms. The van der Waals surface area contributed by atoms with Crippen molar-refractivity contribution >= 4 is 11.6 Å². The summed E-state index contributed by atoms with van der Waals surface area (Å²) in [5.41, 5.74) is 5.45. The highest BCUT2D eigenvalue weighted by Gasteiger charge is 2.31. The molecule has 1 saturated carbocycles. The van der Waals surface area contributed by atoms with Gasteiger partial charge in [-0.2, -0.15) is 0 Å². The van der Waals surface area contributed by atoms with E-state index in [1.54, 1.807) is 0 Å². The summed E-state index contributed by atoms with van der Waals surface area (Å²) in [4.78, 5) is 24.8. The van der Waals surface area contributed by atoms with Gasteiger partial charge in [-0.15, -0.1) is 0 Å². The summed E-state index contributed by atoms with van der Waals surface area (Å²) in [5.74, 6) is 0.231. The van der Waals surface area contributed by atoms with Crippen molar-refractivity contribution in [3.05, 3.63) is 70.3 Å². The SMILES string of the molecule is CCc1ccc(C(=O)CC(=O)C2CC2)c(Cc2ccccc2)c1C. The van der Waals surface area contributed by atoms with E-state index in [-0.39, 0.29) is 23.9 Å². The van der Waals surface area contributed by atoms with Gasteiger partial charge in [-0.25, -0.2) is 0 Å². The van der Waals surface area contributed by atoms with E-state index < -0.39 is 0 Å². The summed E-state index contributed by atoms with van der Waals surface area (Å²) in [6.45, 7) is 4.23. The molecule has 0 N–H and O–H groups in total. The molecule has 0 heterocycles.